The fourth-order valence-electron chi connectivity index (χ4n) is 1.79. The Morgan fingerprint density at radius 2 is 1.71 bits per heavy atom. The summed E-state index contributed by atoms with van der Waals surface area (Å²) in [6.07, 6.45) is 0. The highest BCUT2D eigenvalue weighted by atomic mass is 35.5. The summed E-state index contributed by atoms with van der Waals surface area (Å²) in [5, 5.41) is 0.335. The van der Waals surface area contributed by atoms with Crippen molar-refractivity contribution in [3.05, 3.63) is 57.6 Å². The lowest BCUT2D eigenvalue weighted by atomic mass is 10.2. The van der Waals surface area contributed by atoms with E-state index in [0.29, 0.717) is 21.4 Å². The number of methoxy groups -OCH3 is 1. The predicted octanol–water partition coefficient (Wildman–Crippen LogP) is 4.96. The molecule has 2 aromatic carbocycles. The highest BCUT2D eigenvalue weighted by molar-refractivity contribution is 6.68. The number of hydrogen-bond donors (Lipinski definition) is 0. The number of para-hydroxylation sites is 1. The van der Waals surface area contributed by atoms with Crippen molar-refractivity contribution < 1.29 is 14.3 Å². The maximum atomic E-state index is 11.5. The number of rotatable bonds is 5. The standard InChI is InChI=1S/C15H11Cl3O3/c1-20-13-7-2-4-9(15(18)19)14(13)21-8-10-11(16)5-3-6-12(10)17/h2-7H,8H2,1H3. The molecule has 110 valence electrons. The van der Waals surface area contributed by atoms with Crippen LogP contribution in [0.2, 0.25) is 10.0 Å². The Morgan fingerprint density at radius 1 is 1.10 bits per heavy atom. The van der Waals surface area contributed by atoms with E-state index < -0.39 is 5.24 Å². The molecule has 0 fully saturated rings. The van der Waals surface area contributed by atoms with E-state index in [9.17, 15) is 4.79 Å². The molecule has 0 unspecified atom stereocenters. The first-order valence-corrected chi connectivity index (χ1v) is 7.10. The Balaban J connectivity index is 2.33. The Kier molecular flexibility index (Phi) is 5.34. The molecule has 6 heteroatoms. The number of carbonyl (C=O) groups is 1. The van der Waals surface area contributed by atoms with Crippen molar-refractivity contribution in [3.63, 3.8) is 0 Å². The van der Waals surface area contributed by atoms with Crippen LogP contribution < -0.4 is 9.47 Å². The van der Waals surface area contributed by atoms with E-state index in [2.05, 4.69) is 0 Å². The van der Waals surface area contributed by atoms with Gasteiger partial charge >= 0.3 is 0 Å². The average molecular weight is 346 g/mol. The largest absolute Gasteiger partial charge is 0.493 e. The highest BCUT2D eigenvalue weighted by Gasteiger charge is 2.16. The Morgan fingerprint density at radius 3 is 2.29 bits per heavy atom. The van der Waals surface area contributed by atoms with E-state index in [1.165, 1.54) is 7.11 Å². The van der Waals surface area contributed by atoms with Gasteiger partial charge in [-0.15, -0.1) is 0 Å². The van der Waals surface area contributed by atoms with Crippen molar-refractivity contribution in [3.8, 4) is 11.5 Å². The third-order valence-electron chi connectivity index (χ3n) is 2.83. The van der Waals surface area contributed by atoms with Crippen molar-refractivity contribution in [2.45, 2.75) is 6.61 Å². The molecular weight excluding hydrogens is 335 g/mol. The number of benzene rings is 2. The molecule has 0 spiro atoms. The van der Waals surface area contributed by atoms with Crippen molar-refractivity contribution in [1.29, 1.82) is 0 Å². The van der Waals surface area contributed by atoms with Crippen molar-refractivity contribution in [1.82, 2.24) is 0 Å². The predicted molar refractivity (Wildman–Crippen MR) is 84.0 cm³/mol. The molecule has 0 saturated carbocycles. The summed E-state index contributed by atoms with van der Waals surface area (Å²) >= 11 is 17.7. The number of hydrogen-bond acceptors (Lipinski definition) is 3. The Hall–Kier alpha value is -1.42. The summed E-state index contributed by atoms with van der Waals surface area (Å²) < 4.78 is 10.9. The molecule has 0 radical (unpaired) electrons. The lowest BCUT2D eigenvalue weighted by Crippen LogP contribution is -2.03. The van der Waals surface area contributed by atoms with Crippen LogP contribution in [0.1, 0.15) is 15.9 Å². The van der Waals surface area contributed by atoms with Gasteiger partial charge in [-0.25, -0.2) is 0 Å². The maximum Gasteiger partial charge on any atom is 0.256 e. The zero-order chi connectivity index (χ0) is 15.4. The molecule has 0 aliphatic rings. The first-order valence-electron chi connectivity index (χ1n) is 5.97. The van der Waals surface area contributed by atoms with Gasteiger partial charge in [0.15, 0.2) is 11.5 Å². The third kappa shape index (κ3) is 3.62. The van der Waals surface area contributed by atoms with Gasteiger partial charge in [0.25, 0.3) is 5.24 Å². The minimum Gasteiger partial charge on any atom is -0.493 e. The van der Waals surface area contributed by atoms with Crippen molar-refractivity contribution in [2.24, 2.45) is 0 Å². The lowest BCUT2D eigenvalue weighted by Gasteiger charge is -2.14. The summed E-state index contributed by atoms with van der Waals surface area (Å²) in [6, 6.07) is 10.0. The van der Waals surface area contributed by atoms with Crippen LogP contribution >= 0.6 is 34.8 Å². The summed E-state index contributed by atoms with van der Waals surface area (Å²) in [5.41, 5.74) is 0.846. The molecule has 2 rings (SSSR count). The summed E-state index contributed by atoms with van der Waals surface area (Å²) in [7, 11) is 1.48. The molecular formula is C15H11Cl3O3. The quantitative estimate of drug-likeness (QED) is 0.718. The molecule has 0 bridgehead atoms. The SMILES string of the molecule is COc1cccc(C(=O)Cl)c1OCc1c(Cl)cccc1Cl. The lowest BCUT2D eigenvalue weighted by molar-refractivity contribution is 0.107. The van der Waals surface area contributed by atoms with E-state index in [1.807, 2.05) is 0 Å². The van der Waals surface area contributed by atoms with Gasteiger partial charge < -0.3 is 9.47 Å². The van der Waals surface area contributed by atoms with Crippen LogP contribution in [-0.4, -0.2) is 12.4 Å². The van der Waals surface area contributed by atoms with E-state index >= 15 is 0 Å². The smallest absolute Gasteiger partial charge is 0.256 e. The van der Waals surface area contributed by atoms with Crippen LogP contribution in [0.15, 0.2) is 36.4 Å². The molecule has 2 aromatic rings. The zero-order valence-electron chi connectivity index (χ0n) is 11.0. The van der Waals surface area contributed by atoms with Crippen molar-refractivity contribution in [2.75, 3.05) is 7.11 Å². The molecule has 0 atom stereocenters. The maximum absolute atomic E-state index is 11.5. The fraction of sp³-hybridized carbons (Fsp3) is 0.133. The summed E-state index contributed by atoms with van der Waals surface area (Å²) in [5.74, 6) is 0.667. The average Bonchev–Trinajstić information content (AvgIpc) is 2.46. The van der Waals surface area contributed by atoms with Crippen LogP contribution in [0.3, 0.4) is 0 Å². The molecule has 0 aromatic heterocycles. The molecule has 0 amide bonds. The van der Waals surface area contributed by atoms with E-state index in [-0.39, 0.29) is 17.9 Å². The normalized spacial score (nSPS) is 10.3. The van der Waals surface area contributed by atoms with Crippen LogP contribution in [0, 0.1) is 0 Å². The molecule has 21 heavy (non-hydrogen) atoms. The van der Waals surface area contributed by atoms with Gasteiger partial charge in [-0.3, -0.25) is 4.79 Å². The second-order valence-electron chi connectivity index (χ2n) is 4.10. The summed E-state index contributed by atoms with van der Waals surface area (Å²) in [4.78, 5) is 11.5. The van der Waals surface area contributed by atoms with Crippen LogP contribution in [0.4, 0.5) is 0 Å². The van der Waals surface area contributed by atoms with Crippen LogP contribution in [-0.2, 0) is 6.61 Å². The van der Waals surface area contributed by atoms with Gasteiger partial charge in [0.05, 0.1) is 12.7 Å². The van der Waals surface area contributed by atoms with Gasteiger partial charge in [0.2, 0.25) is 0 Å². The molecule has 0 heterocycles. The summed E-state index contributed by atoms with van der Waals surface area (Å²) in [6.45, 7) is 0.0933. The van der Waals surface area contributed by atoms with Gasteiger partial charge in [-0.05, 0) is 35.9 Å². The first kappa shape index (κ1) is 16.0. The number of ether oxygens (including phenoxy) is 2. The molecule has 0 aliphatic carbocycles. The monoisotopic (exact) mass is 344 g/mol. The van der Waals surface area contributed by atoms with Crippen LogP contribution in [0.5, 0.6) is 11.5 Å². The first-order chi connectivity index (χ1) is 10.0. The molecule has 3 nitrogen and oxygen atoms in total. The minimum atomic E-state index is -0.630. The van der Waals surface area contributed by atoms with Gasteiger partial charge in [-0.1, -0.05) is 35.3 Å². The number of carbonyl (C=O) groups excluding carboxylic acids is 1. The molecule has 0 saturated heterocycles. The fourth-order valence-corrected chi connectivity index (χ4v) is 2.45. The van der Waals surface area contributed by atoms with Gasteiger partial charge in [0.1, 0.15) is 6.61 Å². The van der Waals surface area contributed by atoms with E-state index in [1.54, 1.807) is 36.4 Å². The third-order valence-corrected chi connectivity index (χ3v) is 3.74. The topological polar surface area (TPSA) is 35.5 Å². The Labute approximate surface area is 137 Å². The highest BCUT2D eigenvalue weighted by Crippen LogP contribution is 2.34. The van der Waals surface area contributed by atoms with Crippen molar-refractivity contribution >= 4 is 40.0 Å². The second-order valence-corrected chi connectivity index (χ2v) is 5.26. The van der Waals surface area contributed by atoms with E-state index in [4.69, 9.17) is 44.3 Å². The van der Waals surface area contributed by atoms with Gasteiger partial charge in [0, 0.05) is 15.6 Å². The molecule has 0 N–H and O–H groups in total. The van der Waals surface area contributed by atoms with E-state index in [0.717, 1.165) is 0 Å². The van der Waals surface area contributed by atoms with Gasteiger partial charge in [-0.2, -0.15) is 0 Å². The minimum absolute atomic E-state index is 0.0933. The Bertz CT molecular complexity index is 651. The second kappa shape index (κ2) is 7.03. The van der Waals surface area contributed by atoms with Crippen LogP contribution in [0.25, 0.3) is 0 Å². The zero-order valence-corrected chi connectivity index (χ0v) is 13.3. The molecule has 0 aliphatic heterocycles. The number of halogens is 3.